The van der Waals surface area contributed by atoms with E-state index in [4.69, 9.17) is 17.3 Å². The summed E-state index contributed by atoms with van der Waals surface area (Å²) in [6.07, 6.45) is 2.32. The first-order chi connectivity index (χ1) is 8.66. The van der Waals surface area contributed by atoms with Gasteiger partial charge in [-0.1, -0.05) is 11.6 Å². The molecule has 3 nitrogen and oxygen atoms in total. The summed E-state index contributed by atoms with van der Waals surface area (Å²) in [6, 6.07) is 6.39. The minimum Gasteiger partial charge on any atom is -0.370 e. The molecule has 3 N–H and O–H groups in total. The van der Waals surface area contributed by atoms with E-state index in [1.807, 2.05) is 23.9 Å². The lowest BCUT2D eigenvalue weighted by atomic mass is 10.0. The molecule has 98 valence electrons. The molecular weight excluding hydrogens is 268 g/mol. The third-order valence-corrected chi connectivity index (χ3v) is 4.36. The Hall–Kier alpha value is -0.710. The highest BCUT2D eigenvalue weighted by atomic mass is 35.5. The van der Waals surface area contributed by atoms with Gasteiger partial charge in [0.1, 0.15) is 0 Å². The zero-order chi connectivity index (χ0) is 13.0. The number of carbonyl (C=O) groups excluding carboxylic acids is 1. The van der Waals surface area contributed by atoms with E-state index in [-0.39, 0.29) is 5.91 Å². The molecule has 1 aromatic rings. The zero-order valence-electron chi connectivity index (χ0n) is 10.1. The fourth-order valence-electron chi connectivity index (χ4n) is 2.12. The standard InChI is InChI=1S/C13H17ClN2OS/c14-9-3-4-12-10(8-9)11(5-7-18-12)16-6-1-2-13(15)17/h3-4,8,11,16H,1-2,5-7H2,(H2,15,17). The molecule has 0 fully saturated rings. The van der Waals surface area contributed by atoms with Crippen LogP contribution in [0.4, 0.5) is 0 Å². The van der Waals surface area contributed by atoms with E-state index < -0.39 is 0 Å². The highest BCUT2D eigenvalue weighted by Gasteiger charge is 2.20. The van der Waals surface area contributed by atoms with Crippen LogP contribution in [0.3, 0.4) is 0 Å². The molecule has 5 heteroatoms. The Kier molecular flexibility index (Phi) is 4.92. The Bertz CT molecular complexity index is 439. The number of hydrogen-bond acceptors (Lipinski definition) is 3. The number of halogens is 1. The van der Waals surface area contributed by atoms with Gasteiger partial charge in [0.2, 0.25) is 5.91 Å². The maximum absolute atomic E-state index is 10.7. The molecule has 2 rings (SSSR count). The first kappa shape index (κ1) is 13.7. The average molecular weight is 285 g/mol. The van der Waals surface area contributed by atoms with Crippen LogP contribution < -0.4 is 11.1 Å². The molecule has 0 saturated carbocycles. The van der Waals surface area contributed by atoms with E-state index in [0.717, 1.165) is 30.2 Å². The molecule has 0 bridgehead atoms. The maximum Gasteiger partial charge on any atom is 0.217 e. The van der Waals surface area contributed by atoms with Gasteiger partial charge in [0.15, 0.2) is 0 Å². The minimum atomic E-state index is -0.237. The van der Waals surface area contributed by atoms with Crippen molar-refractivity contribution in [3.63, 3.8) is 0 Å². The van der Waals surface area contributed by atoms with Crippen LogP contribution in [0.1, 0.15) is 30.9 Å². The Morgan fingerprint density at radius 3 is 3.17 bits per heavy atom. The topological polar surface area (TPSA) is 55.1 Å². The van der Waals surface area contributed by atoms with Gasteiger partial charge in [-0.25, -0.2) is 0 Å². The number of carbonyl (C=O) groups is 1. The zero-order valence-corrected chi connectivity index (χ0v) is 11.7. The average Bonchev–Trinajstić information content (AvgIpc) is 2.34. The van der Waals surface area contributed by atoms with E-state index in [1.165, 1.54) is 10.5 Å². The summed E-state index contributed by atoms with van der Waals surface area (Å²) in [5.74, 6) is 0.877. The number of amides is 1. The lowest BCUT2D eigenvalue weighted by Crippen LogP contribution is -2.26. The van der Waals surface area contributed by atoms with Crippen LogP contribution in [0, 0.1) is 0 Å². The van der Waals surface area contributed by atoms with Crippen molar-refractivity contribution in [3.8, 4) is 0 Å². The van der Waals surface area contributed by atoms with E-state index in [0.29, 0.717) is 12.5 Å². The summed E-state index contributed by atoms with van der Waals surface area (Å²) in [7, 11) is 0. The lowest BCUT2D eigenvalue weighted by Gasteiger charge is -2.26. The smallest absolute Gasteiger partial charge is 0.217 e. The van der Waals surface area contributed by atoms with Crippen LogP contribution >= 0.6 is 23.4 Å². The van der Waals surface area contributed by atoms with Crippen LogP contribution in [-0.2, 0) is 4.79 Å². The van der Waals surface area contributed by atoms with Gasteiger partial charge in [-0.15, -0.1) is 11.8 Å². The fraction of sp³-hybridized carbons (Fsp3) is 0.462. The summed E-state index contributed by atoms with van der Waals surface area (Å²) in [4.78, 5) is 12.0. The van der Waals surface area contributed by atoms with Crippen molar-refractivity contribution in [2.24, 2.45) is 5.73 Å². The van der Waals surface area contributed by atoms with Crippen LogP contribution in [0.15, 0.2) is 23.1 Å². The third kappa shape index (κ3) is 3.64. The second-order valence-electron chi connectivity index (χ2n) is 4.40. The SMILES string of the molecule is NC(=O)CCCNC1CCSc2ccc(Cl)cc21. The molecule has 1 amide bonds. The van der Waals surface area contributed by atoms with Gasteiger partial charge < -0.3 is 11.1 Å². The predicted molar refractivity (Wildman–Crippen MR) is 76.0 cm³/mol. The first-order valence-electron chi connectivity index (χ1n) is 6.11. The number of hydrogen-bond donors (Lipinski definition) is 2. The van der Waals surface area contributed by atoms with Crippen LogP contribution in [0.5, 0.6) is 0 Å². The molecule has 0 aromatic heterocycles. The van der Waals surface area contributed by atoms with Gasteiger partial charge in [-0.05, 0) is 48.9 Å². The van der Waals surface area contributed by atoms with Crippen molar-refractivity contribution in [2.75, 3.05) is 12.3 Å². The van der Waals surface area contributed by atoms with Crippen molar-refractivity contribution in [1.29, 1.82) is 0 Å². The molecule has 0 aliphatic carbocycles. The van der Waals surface area contributed by atoms with E-state index >= 15 is 0 Å². The summed E-state index contributed by atoms with van der Waals surface area (Å²) >= 11 is 7.92. The minimum absolute atomic E-state index is 0.237. The Morgan fingerprint density at radius 1 is 1.56 bits per heavy atom. The van der Waals surface area contributed by atoms with E-state index in [1.54, 1.807) is 0 Å². The second kappa shape index (κ2) is 6.45. The molecule has 1 aliphatic heterocycles. The quantitative estimate of drug-likeness (QED) is 0.818. The normalized spacial score (nSPS) is 18.4. The molecule has 0 spiro atoms. The molecular formula is C13H17ClN2OS. The van der Waals surface area contributed by atoms with Crippen LogP contribution in [0.25, 0.3) is 0 Å². The van der Waals surface area contributed by atoms with E-state index in [2.05, 4.69) is 11.4 Å². The monoisotopic (exact) mass is 284 g/mol. The number of benzene rings is 1. The lowest BCUT2D eigenvalue weighted by molar-refractivity contribution is -0.118. The fourth-order valence-corrected chi connectivity index (χ4v) is 3.40. The summed E-state index contributed by atoms with van der Waals surface area (Å²) < 4.78 is 0. The predicted octanol–water partition coefficient (Wildman–Crippen LogP) is 2.73. The van der Waals surface area contributed by atoms with Gasteiger partial charge in [0.25, 0.3) is 0 Å². The van der Waals surface area contributed by atoms with Gasteiger partial charge in [0.05, 0.1) is 0 Å². The second-order valence-corrected chi connectivity index (χ2v) is 5.97. The van der Waals surface area contributed by atoms with Crippen LogP contribution in [0.2, 0.25) is 5.02 Å². The van der Waals surface area contributed by atoms with Gasteiger partial charge in [-0.2, -0.15) is 0 Å². The maximum atomic E-state index is 10.7. The highest BCUT2D eigenvalue weighted by Crippen LogP contribution is 2.37. The molecule has 1 heterocycles. The molecule has 1 atom stereocenters. The molecule has 18 heavy (non-hydrogen) atoms. The number of nitrogens with two attached hydrogens (primary N) is 1. The van der Waals surface area contributed by atoms with Gasteiger partial charge in [0, 0.05) is 22.4 Å². The molecule has 0 radical (unpaired) electrons. The molecule has 0 saturated heterocycles. The number of nitrogens with one attached hydrogen (secondary N) is 1. The van der Waals surface area contributed by atoms with Crippen molar-refractivity contribution < 1.29 is 4.79 Å². The van der Waals surface area contributed by atoms with Crippen molar-refractivity contribution in [3.05, 3.63) is 28.8 Å². The van der Waals surface area contributed by atoms with Crippen molar-refractivity contribution >= 4 is 29.3 Å². The number of rotatable bonds is 5. The van der Waals surface area contributed by atoms with Gasteiger partial charge >= 0.3 is 0 Å². The summed E-state index contributed by atoms with van der Waals surface area (Å²) in [5.41, 5.74) is 6.40. The number of primary amides is 1. The van der Waals surface area contributed by atoms with Crippen molar-refractivity contribution in [1.82, 2.24) is 5.32 Å². The van der Waals surface area contributed by atoms with Crippen LogP contribution in [-0.4, -0.2) is 18.2 Å². The molecule has 1 aromatic carbocycles. The Morgan fingerprint density at radius 2 is 2.39 bits per heavy atom. The van der Waals surface area contributed by atoms with Gasteiger partial charge in [-0.3, -0.25) is 4.79 Å². The highest BCUT2D eigenvalue weighted by molar-refractivity contribution is 7.99. The largest absolute Gasteiger partial charge is 0.370 e. The Labute approximate surface area is 116 Å². The number of thioether (sulfide) groups is 1. The molecule has 1 aliphatic rings. The molecule has 1 unspecified atom stereocenters. The summed E-state index contributed by atoms with van der Waals surface area (Å²) in [6.45, 7) is 0.810. The number of fused-ring (bicyclic) bond motifs is 1. The Balaban J connectivity index is 1.95. The van der Waals surface area contributed by atoms with E-state index in [9.17, 15) is 4.79 Å². The van der Waals surface area contributed by atoms with Crippen molar-refractivity contribution in [2.45, 2.75) is 30.2 Å². The summed E-state index contributed by atoms with van der Waals surface area (Å²) in [5, 5.41) is 4.26. The third-order valence-electron chi connectivity index (χ3n) is 3.00. The first-order valence-corrected chi connectivity index (χ1v) is 7.47.